The lowest BCUT2D eigenvalue weighted by Gasteiger charge is -2.26. The number of carbonyl (C=O) groups excluding carboxylic acids is 2. The maximum Gasteiger partial charge on any atom is 0.265 e. The number of nitrogens with zero attached hydrogens (tertiary/aromatic N) is 1. The zero-order valence-corrected chi connectivity index (χ0v) is 10.0. The van der Waals surface area contributed by atoms with Gasteiger partial charge in [-0.3, -0.25) is 9.59 Å². The van der Waals surface area contributed by atoms with E-state index in [0.29, 0.717) is 11.3 Å². The van der Waals surface area contributed by atoms with Crippen LogP contribution >= 0.6 is 0 Å². The van der Waals surface area contributed by atoms with Gasteiger partial charge in [0.2, 0.25) is 5.91 Å². The van der Waals surface area contributed by atoms with Gasteiger partial charge in [-0.1, -0.05) is 24.3 Å². The minimum atomic E-state index is -0.350. The monoisotopic (exact) mass is 253 g/mol. The third kappa shape index (κ3) is 1.87. The molecule has 1 aliphatic rings. The van der Waals surface area contributed by atoms with Gasteiger partial charge in [0, 0.05) is 11.6 Å². The first kappa shape index (κ1) is 11.5. The molecule has 0 bridgehead atoms. The number of benzene rings is 2. The number of hydrogen-bond donors (Lipinski definition) is 1. The second kappa shape index (κ2) is 4.24. The van der Waals surface area contributed by atoms with Crippen LogP contribution in [0.3, 0.4) is 0 Å². The molecule has 0 spiro atoms. The molecule has 94 valence electrons. The topological polar surface area (TPSA) is 57.6 Å². The van der Waals surface area contributed by atoms with Crippen molar-refractivity contribution in [3.63, 3.8) is 0 Å². The van der Waals surface area contributed by atoms with Crippen LogP contribution in [-0.4, -0.2) is 16.9 Å². The Balaban J connectivity index is 2.09. The van der Waals surface area contributed by atoms with Gasteiger partial charge in [0.05, 0.1) is 12.1 Å². The molecule has 4 heteroatoms. The molecule has 2 aromatic rings. The third-order valence-corrected chi connectivity index (χ3v) is 3.13. The first-order valence-electron chi connectivity index (χ1n) is 5.91. The van der Waals surface area contributed by atoms with Crippen LogP contribution in [0.25, 0.3) is 0 Å². The summed E-state index contributed by atoms with van der Waals surface area (Å²) < 4.78 is 0. The molecule has 0 aliphatic carbocycles. The van der Waals surface area contributed by atoms with Crippen LogP contribution in [0.2, 0.25) is 0 Å². The van der Waals surface area contributed by atoms with Crippen molar-refractivity contribution in [3.8, 4) is 5.75 Å². The summed E-state index contributed by atoms with van der Waals surface area (Å²) >= 11 is 0. The molecule has 0 saturated carbocycles. The molecule has 19 heavy (non-hydrogen) atoms. The summed E-state index contributed by atoms with van der Waals surface area (Å²) in [7, 11) is 0. The lowest BCUT2D eigenvalue weighted by molar-refractivity contribution is -0.117. The van der Waals surface area contributed by atoms with Gasteiger partial charge in [0.15, 0.2) is 0 Å². The molecule has 2 aromatic carbocycles. The molecule has 1 aliphatic heterocycles. The third-order valence-electron chi connectivity index (χ3n) is 3.13. The van der Waals surface area contributed by atoms with Crippen molar-refractivity contribution in [1.82, 2.24) is 0 Å². The quantitative estimate of drug-likeness (QED) is 0.792. The fourth-order valence-electron chi connectivity index (χ4n) is 2.25. The van der Waals surface area contributed by atoms with Crippen molar-refractivity contribution in [3.05, 3.63) is 59.7 Å². The van der Waals surface area contributed by atoms with E-state index in [0.717, 1.165) is 10.5 Å². The molecule has 4 nitrogen and oxygen atoms in total. The summed E-state index contributed by atoms with van der Waals surface area (Å²) in [6, 6.07) is 13.2. The van der Waals surface area contributed by atoms with Crippen LogP contribution < -0.4 is 4.90 Å². The maximum absolute atomic E-state index is 12.4. The smallest absolute Gasteiger partial charge is 0.265 e. The number of carbonyl (C=O) groups is 2. The van der Waals surface area contributed by atoms with E-state index >= 15 is 0 Å². The van der Waals surface area contributed by atoms with E-state index in [1.54, 1.807) is 30.3 Å². The summed E-state index contributed by atoms with van der Waals surface area (Å²) in [5.41, 5.74) is 1.67. The molecular weight excluding hydrogens is 242 g/mol. The summed E-state index contributed by atoms with van der Waals surface area (Å²) in [6.07, 6.45) is 0.192. The molecule has 0 unspecified atom stereocenters. The number of imide groups is 1. The Labute approximate surface area is 109 Å². The summed E-state index contributed by atoms with van der Waals surface area (Å²) in [5, 5.41) is 9.46. The second-order valence-electron chi connectivity index (χ2n) is 4.39. The number of amides is 2. The fraction of sp³-hybridized carbons (Fsp3) is 0.0667. The van der Waals surface area contributed by atoms with Crippen molar-refractivity contribution in [2.24, 2.45) is 0 Å². The largest absolute Gasteiger partial charge is 0.508 e. The minimum absolute atomic E-state index is 0.0250. The van der Waals surface area contributed by atoms with Gasteiger partial charge in [-0.05, 0) is 23.8 Å². The van der Waals surface area contributed by atoms with Crippen LogP contribution in [-0.2, 0) is 11.2 Å². The number of phenols is 1. The highest BCUT2D eigenvalue weighted by Gasteiger charge is 2.31. The Bertz CT molecular complexity index is 679. The number of rotatable bonds is 1. The Morgan fingerprint density at radius 1 is 1.00 bits per heavy atom. The van der Waals surface area contributed by atoms with E-state index in [1.807, 2.05) is 6.07 Å². The number of phenolic OH excluding ortho intramolecular Hbond substituents is 1. The molecule has 2 amide bonds. The highest BCUT2D eigenvalue weighted by atomic mass is 16.3. The number of anilines is 1. The summed E-state index contributed by atoms with van der Waals surface area (Å²) in [4.78, 5) is 25.6. The maximum atomic E-state index is 12.4. The van der Waals surface area contributed by atoms with Crippen molar-refractivity contribution < 1.29 is 14.7 Å². The van der Waals surface area contributed by atoms with Crippen LogP contribution in [0, 0.1) is 0 Å². The molecule has 0 atom stereocenters. The number of fused-ring (bicyclic) bond motifs is 1. The van der Waals surface area contributed by atoms with Crippen molar-refractivity contribution >= 4 is 17.5 Å². The molecule has 1 N–H and O–H groups in total. The van der Waals surface area contributed by atoms with Crippen molar-refractivity contribution in [2.45, 2.75) is 6.42 Å². The van der Waals surface area contributed by atoms with Crippen LogP contribution in [0.5, 0.6) is 5.75 Å². The van der Waals surface area contributed by atoms with E-state index in [4.69, 9.17) is 0 Å². The van der Waals surface area contributed by atoms with Crippen LogP contribution in [0.15, 0.2) is 48.5 Å². The van der Waals surface area contributed by atoms with Gasteiger partial charge >= 0.3 is 0 Å². The van der Waals surface area contributed by atoms with Crippen LogP contribution in [0.1, 0.15) is 15.9 Å². The second-order valence-corrected chi connectivity index (χ2v) is 4.39. The van der Waals surface area contributed by atoms with E-state index in [-0.39, 0.29) is 24.0 Å². The van der Waals surface area contributed by atoms with E-state index in [1.165, 1.54) is 12.1 Å². The molecule has 0 fully saturated rings. The first-order valence-corrected chi connectivity index (χ1v) is 5.91. The van der Waals surface area contributed by atoms with Gasteiger partial charge in [-0.2, -0.15) is 0 Å². The zero-order valence-electron chi connectivity index (χ0n) is 10.0. The number of hydrogen-bond acceptors (Lipinski definition) is 3. The van der Waals surface area contributed by atoms with Gasteiger partial charge < -0.3 is 5.11 Å². The Hall–Kier alpha value is -2.62. The molecular formula is C15H11NO3. The van der Waals surface area contributed by atoms with Crippen LogP contribution in [0.4, 0.5) is 5.69 Å². The average molecular weight is 253 g/mol. The highest BCUT2D eigenvalue weighted by Crippen LogP contribution is 2.27. The molecule has 0 radical (unpaired) electrons. The lowest BCUT2D eigenvalue weighted by Crippen LogP contribution is -2.42. The van der Waals surface area contributed by atoms with Gasteiger partial charge in [-0.25, -0.2) is 4.90 Å². The summed E-state index contributed by atoms with van der Waals surface area (Å²) in [5.74, 6) is -0.608. The van der Waals surface area contributed by atoms with Gasteiger partial charge in [-0.15, -0.1) is 0 Å². The Morgan fingerprint density at radius 2 is 1.79 bits per heavy atom. The van der Waals surface area contributed by atoms with Crippen molar-refractivity contribution in [2.75, 3.05) is 4.90 Å². The van der Waals surface area contributed by atoms with E-state index in [9.17, 15) is 14.7 Å². The SMILES string of the molecule is O=C1Cc2ccccc2C(=O)N1c1cccc(O)c1. The average Bonchev–Trinajstić information content (AvgIpc) is 2.39. The van der Waals surface area contributed by atoms with E-state index < -0.39 is 0 Å². The predicted molar refractivity (Wildman–Crippen MR) is 70.1 cm³/mol. The van der Waals surface area contributed by atoms with Gasteiger partial charge in [0.25, 0.3) is 5.91 Å². The standard InChI is InChI=1S/C15H11NO3/c17-12-6-3-5-11(9-12)16-14(18)8-10-4-1-2-7-13(10)15(16)19/h1-7,9,17H,8H2. The first-order chi connectivity index (χ1) is 9.16. The Kier molecular flexibility index (Phi) is 2.56. The lowest BCUT2D eigenvalue weighted by atomic mass is 9.98. The number of aromatic hydroxyl groups is 1. The fourth-order valence-corrected chi connectivity index (χ4v) is 2.25. The molecule has 0 saturated heterocycles. The summed E-state index contributed by atoms with van der Waals surface area (Å²) in [6.45, 7) is 0. The molecule has 1 heterocycles. The molecule has 0 aromatic heterocycles. The van der Waals surface area contributed by atoms with Crippen molar-refractivity contribution in [1.29, 1.82) is 0 Å². The minimum Gasteiger partial charge on any atom is -0.508 e. The predicted octanol–water partition coefficient (Wildman–Crippen LogP) is 2.12. The normalized spacial score (nSPS) is 14.4. The molecule has 3 rings (SSSR count). The van der Waals surface area contributed by atoms with E-state index in [2.05, 4.69) is 0 Å². The highest BCUT2D eigenvalue weighted by molar-refractivity contribution is 6.24. The Morgan fingerprint density at radius 3 is 2.58 bits per heavy atom. The van der Waals surface area contributed by atoms with Gasteiger partial charge in [0.1, 0.15) is 5.75 Å². The zero-order chi connectivity index (χ0) is 13.4.